The number of nitrogens with one attached hydrogen (secondary N) is 1. The second-order valence-corrected chi connectivity index (χ2v) is 4.28. The fourth-order valence-corrected chi connectivity index (χ4v) is 2.31. The molecule has 16 heavy (non-hydrogen) atoms. The predicted octanol–water partition coefficient (Wildman–Crippen LogP) is 3.68. The van der Waals surface area contributed by atoms with Crippen LogP contribution in [0.1, 0.15) is 0 Å². The van der Waals surface area contributed by atoms with E-state index in [0.717, 1.165) is 12.1 Å². The van der Waals surface area contributed by atoms with Gasteiger partial charge in [-0.3, -0.25) is 4.79 Å². The molecule has 0 aliphatic heterocycles. The summed E-state index contributed by atoms with van der Waals surface area (Å²) in [6.45, 7) is 0. The molecule has 0 unspecified atom stereocenters. The Kier molecular flexibility index (Phi) is 4.20. The molecule has 88 valence electrons. The number of ether oxygens (including phenoxy) is 1. The molecule has 0 aliphatic rings. The fourth-order valence-electron chi connectivity index (χ4n) is 0.939. The van der Waals surface area contributed by atoms with Crippen LogP contribution in [-0.4, -0.2) is 12.8 Å². The number of halogens is 5. The molecule has 1 N–H and O–H groups in total. The summed E-state index contributed by atoms with van der Waals surface area (Å²) in [5.41, 5.74) is 0.324. The van der Waals surface area contributed by atoms with E-state index in [9.17, 15) is 18.0 Å². The highest BCUT2D eigenvalue weighted by atomic mass is 79.9. The Balaban J connectivity index is 3.04. The lowest BCUT2D eigenvalue weighted by Crippen LogP contribution is -2.17. The van der Waals surface area contributed by atoms with Gasteiger partial charge in [0.05, 0.1) is 5.69 Å². The van der Waals surface area contributed by atoms with Gasteiger partial charge in [-0.05, 0) is 44.0 Å². The van der Waals surface area contributed by atoms with Crippen molar-refractivity contribution in [2.45, 2.75) is 6.36 Å². The molecule has 0 heterocycles. The summed E-state index contributed by atoms with van der Waals surface area (Å²) in [5, 5.41) is 2.32. The van der Waals surface area contributed by atoms with Gasteiger partial charge in [0.25, 0.3) is 0 Å². The first-order valence-corrected chi connectivity index (χ1v) is 5.37. The highest BCUT2D eigenvalue weighted by Gasteiger charge is 2.31. The molecule has 0 fully saturated rings. The third-order valence-corrected chi connectivity index (χ3v) is 2.70. The van der Waals surface area contributed by atoms with E-state index in [4.69, 9.17) is 0 Å². The molecular formula is C8H4Br2F3NO2. The zero-order valence-electron chi connectivity index (χ0n) is 7.44. The van der Waals surface area contributed by atoms with Crippen molar-refractivity contribution in [1.82, 2.24) is 0 Å². The van der Waals surface area contributed by atoms with Crippen LogP contribution in [0, 0.1) is 0 Å². The highest BCUT2D eigenvalue weighted by molar-refractivity contribution is 9.11. The van der Waals surface area contributed by atoms with Gasteiger partial charge in [-0.2, -0.15) is 0 Å². The Morgan fingerprint density at radius 2 is 1.75 bits per heavy atom. The van der Waals surface area contributed by atoms with Crippen molar-refractivity contribution < 1.29 is 22.7 Å². The number of carbonyl (C=O) groups excluding carboxylic acids is 1. The maximum atomic E-state index is 11.9. The van der Waals surface area contributed by atoms with Crippen molar-refractivity contribution in [3.8, 4) is 5.75 Å². The molecule has 8 heteroatoms. The minimum absolute atomic E-state index is 0.272. The van der Waals surface area contributed by atoms with Crippen LogP contribution in [0.2, 0.25) is 0 Å². The molecule has 0 aromatic heterocycles. The standard InChI is InChI=1S/C8H4Br2F3NO2/c9-5-1-4(16-8(11,12)13)2-6(10)7(5)14-3-15/h1-3H,(H,14,15). The maximum Gasteiger partial charge on any atom is 0.573 e. The fraction of sp³-hybridized carbons (Fsp3) is 0.125. The SMILES string of the molecule is O=CNc1c(Br)cc(OC(F)(F)F)cc1Br. The van der Waals surface area contributed by atoms with Crippen molar-refractivity contribution in [3.63, 3.8) is 0 Å². The molecule has 0 saturated heterocycles. The number of anilines is 1. The van der Waals surface area contributed by atoms with Gasteiger partial charge < -0.3 is 10.1 Å². The van der Waals surface area contributed by atoms with E-state index in [2.05, 4.69) is 41.9 Å². The number of hydrogen-bond acceptors (Lipinski definition) is 2. The van der Waals surface area contributed by atoms with Crippen LogP contribution in [0.4, 0.5) is 18.9 Å². The summed E-state index contributed by atoms with van der Waals surface area (Å²) in [4.78, 5) is 10.2. The monoisotopic (exact) mass is 361 g/mol. The minimum Gasteiger partial charge on any atom is -0.406 e. The summed E-state index contributed by atoms with van der Waals surface area (Å²) < 4.78 is 40.0. The average molecular weight is 363 g/mol. The van der Waals surface area contributed by atoms with Gasteiger partial charge >= 0.3 is 6.36 Å². The summed E-state index contributed by atoms with van der Waals surface area (Å²) in [7, 11) is 0. The summed E-state index contributed by atoms with van der Waals surface area (Å²) in [6.07, 6.45) is -4.34. The topological polar surface area (TPSA) is 38.3 Å². The molecule has 1 rings (SSSR count). The van der Waals surface area contributed by atoms with Gasteiger partial charge in [0.2, 0.25) is 6.41 Å². The Morgan fingerprint density at radius 1 is 1.25 bits per heavy atom. The molecule has 0 bridgehead atoms. The van der Waals surface area contributed by atoms with E-state index in [1.807, 2.05) is 0 Å². The van der Waals surface area contributed by atoms with Crippen LogP contribution >= 0.6 is 31.9 Å². The van der Waals surface area contributed by atoms with Crippen LogP contribution in [-0.2, 0) is 4.79 Å². The predicted molar refractivity (Wildman–Crippen MR) is 58.2 cm³/mol. The number of rotatable bonds is 3. The van der Waals surface area contributed by atoms with Crippen LogP contribution in [0.5, 0.6) is 5.75 Å². The largest absolute Gasteiger partial charge is 0.573 e. The van der Waals surface area contributed by atoms with E-state index in [1.54, 1.807) is 0 Å². The number of amides is 1. The van der Waals surface area contributed by atoms with Crippen LogP contribution < -0.4 is 10.1 Å². The third-order valence-electron chi connectivity index (χ3n) is 1.45. The molecular weight excluding hydrogens is 359 g/mol. The van der Waals surface area contributed by atoms with Crippen molar-refractivity contribution in [3.05, 3.63) is 21.1 Å². The van der Waals surface area contributed by atoms with Crippen LogP contribution in [0.25, 0.3) is 0 Å². The van der Waals surface area contributed by atoms with E-state index < -0.39 is 6.36 Å². The average Bonchev–Trinajstić information content (AvgIpc) is 2.08. The summed E-state index contributed by atoms with van der Waals surface area (Å²) in [6, 6.07) is 2.20. The Bertz CT molecular complexity index is 386. The van der Waals surface area contributed by atoms with E-state index >= 15 is 0 Å². The first kappa shape index (κ1) is 13.3. The molecule has 1 amide bonds. The molecule has 3 nitrogen and oxygen atoms in total. The van der Waals surface area contributed by atoms with Crippen molar-refractivity contribution in [2.24, 2.45) is 0 Å². The zero-order chi connectivity index (χ0) is 12.3. The molecule has 0 saturated carbocycles. The van der Waals surface area contributed by atoms with Gasteiger partial charge in [-0.15, -0.1) is 13.2 Å². The first-order chi connectivity index (χ1) is 7.33. The van der Waals surface area contributed by atoms with E-state index in [-0.39, 0.29) is 14.7 Å². The molecule has 0 radical (unpaired) electrons. The van der Waals surface area contributed by atoms with Gasteiger partial charge in [0.1, 0.15) is 5.75 Å². The van der Waals surface area contributed by atoms with Crippen LogP contribution in [0.15, 0.2) is 21.1 Å². The van der Waals surface area contributed by atoms with Crippen LogP contribution in [0.3, 0.4) is 0 Å². The number of carbonyl (C=O) groups is 1. The molecule has 0 aliphatic carbocycles. The van der Waals surface area contributed by atoms with Crippen molar-refractivity contribution in [1.29, 1.82) is 0 Å². The molecule has 0 atom stereocenters. The highest BCUT2D eigenvalue weighted by Crippen LogP contribution is 2.36. The normalized spacial score (nSPS) is 11.1. The zero-order valence-corrected chi connectivity index (χ0v) is 10.6. The van der Waals surface area contributed by atoms with Gasteiger partial charge in [-0.1, -0.05) is 0 Å². The lowest BCUT2D eigenvalue weighted by Gasteiger charge is -2.12. The van der Waals surface area contributed by atoms with Crippen molar-refractivity contribution in [2.75, 3.05) is 5.32 Å². The number of benzene rings is 1. The lowest BCUT2D eigenvalue weighted by atomic mass is 10.3. The van der Waals surface area contributed by atoms with Gasteiger partial charge in [0, 0.05) is 8.95 Å². The summed E-state index contributed by atoms with van der Waals surface area (Å²) in [5.74, 6) is -0.386. The number of alkyl halides is 3. The Labute approximate surface area is 105 Å². The third kappa shape index (κ3) is 3.67. The minimum atomic E-state index is -4.75. The van der Waals surface area contributed by atoms with E-state index in [1.165, 1.54) is 0 Å². The van der Waals surface area contributed by atoms with Gasteiger partial charge in [0.15, 0.2) is 0 Å². The van der Waals surface area contributed by atoms with E-state index in [0.29, 0.717) is 12.1 Å². The second-order valence-electron chi connectivity index (χ2n) is 2.57. The quantitative estimate of drug-likeness (QED) is 0.833. The lowest BCUT2D eigenvalue weighted by molar-refractivity contribution is -0.274. The molecule has 0 spiro atoms. The molecule has 1 aromatic carbocycles. The summed E-state index contributed by atoms with van der Waals surface area (Å²) >= 11 is 6.02. The van der Waals surface area contributed by atoms with Gasteiger partial charge in [-0.25, -0.2) is 0 Å². The molecule has 1 aromatic rings. The Morgan fingerprint density at radius 3 is 2.12 bits per heavy atom. The second kappa shape index (κ2) is 5.05. The number of hydrogen-bond donors (Lipinski definition) is 1. The van der Waals surface area contributed by atoms with Crippen molar-refractivity contribution >= 4 is 44.0 Å². The maximum absolute atomic E-state index is 11.9. The Hall–Kier alpha value is -0.760. The smallest absolute Gasteiger partial charge is 0.406 e. The first-order valence-electron chi connectivity index (χ1n) is 3.78.